The molecule has 0 bridgehead atoms. The number of carbonyl (C=O) groups is 2. The van der Waals surface area contributed by atoms with Crippen molar-refractivity contribution in [1.82, 2.24) is 0 Å². The van der Waals surface area contributed by atoms with Crippen molar-refractivity contribution in [1.29, 1.82) is 0 Å². The molecular formula is C16H16N2O3. The van der Waals surface area contributed by atoms with Crippen LogP contribution in [0.2, 0.25) is 0 Å². The van der Waals surface area contributed by atoms with E-state index in [4.69, 9.17) is 4.42 Å². The zero-order valence-electron chi connectivity index (χ0n) is 11.5. The number of furan rings is 1. The van der Waals surface area contributed by atoms with Crippen LogP contribution in [0.1, 0.15) is 29.8 Å². The van der Waals surface area contributed by atoms with Gasteiger partial charge in [-0.1, -0.05) is 0 Å². The summed E-state index contributed by atoms with van der Waals surface area (Å²) in [6.07, 6.45) is 4.06. The molecule has 2 amide bonds. The molecule has 1 N–H and O–H groups in total. The number of hydrogen-bond donors (Lipinski definition) is 1. The van der Waals surface area contributed by atoms with E-state index in [2.05, 4.69) is 5.32 Å². The van der Waals surface area contributed by atoms with E-state index in [9.17, 15) is 9.59 Å². The molecule has 0 spiro atoms. The van der Waals surface area contributed by atoms with E-state index in [1.165, 1.54) is 6.26 Å². The van der Waals surface area contributed by atoms with Gasteiger partial charge in [-0.15, -0.1) is 0 Å². The fourth-order valence-corrected chi connectivity index (χ4v) is 2.40. The molecule has 1 aliphatic rings. The summed E-state index contributed by atoms with van der Waals surface area (Å²) >= 11 is 0. The SMILES string of the molecule is O=C(Nc1ccc(N2CCCCC2=O)cc1)c1ccco1. The molecule has 3 rings (SSSR count). The van der Waals surface area contributed by atoms with Crippen molar-refractivity contribution >= 4 is 23.2 Å². The molecule has 0 atom stereocenters. The van der Waals surface area contributed by atoms with Crippen molar-refractivity contribution in [2.75, 3.05) is 16.8 Å². The van der Waals surface area contributed by atoms with Crippen LogP contribution in [0.5, 0.6) is 0 Å². The first-order chi connectivity index (χ1) is 10.2. The first-order valence-corrected chi connectivity index (χ1v) is 6.99. The van der Waals surface area contributed by atoms with Crippen molar-refractivity contribution in [3.8, 4) is 0 Å². The van der Waals surface area contributed by atoms with E-state index in [1.807, 2.05) is 12.1 Å². The monoisotopic (exact) mass is 284 g/mol. The standard InChI is InChI=1S/C16H16N2O3/c19-15-5-1-2-10-18(15)13-8-6-12(7-9-13)17-16(20)14-4-3-11-21-14/h3-4,6-9,11H,1-2,5,10H2,(H,17,20). The molecule has 21 heavy (non-hydrogen) atoms. The summed E-state index contributed by atoms with van der Waals surface area (Å²) in [4.78, 5) is 25.5. The second kappa shape index (κ2) is 5.83. The van der Waals surface area contributed by atoms with E-state index in [0.29, 0.717) is 12.1 Å². The Hall–Kier alpha value is -2.56. The van der Waals surface area contributed by atoms with Crippen LogP contribution in [0, 0.1) is 0 Å². The Kier molecular flexibility index (Phi) is 3.73. The lowest BCUT2D eigenvalue weighted by Crippen LogP contribution is -2.35. The van der Waals surface area contributed by atoms with Crippen molar-refractivity contribution in [2.45, 2.75) is 19.3 Å². The van der Waals surface area contributed by atoms with Crippen LogP contribution in [0.4, 0.5) is 11.4 Å². The van der Waals surface area contributed by atoms with Gasteiger partial charge >= 0.3 is 0 Å². The number of benzene rings is 1. The lowest BCUT2D eigenvalue weighted by atomic mass is 10.1. The third-order valence-electron chi connectivity index (χ3n) is 3.51. The fourth-order valence-electron chi connectivity index (χ4n) is 2.40. The normalized spacial score (nSPS) is 15.0. The lowest BCUT2D eigenvalue weighted by Gasteiger charge is -2.26. The quantitative estimate of drug-likeness (QED) is 0.942. The topological polar surface area (TPSA) is 62.6 Å². The highest BCUT2D eigenvalue weighted by Crippen LogP contribution is 2.22. The van der Waals surface area contributed by atoms with Gasteiger partial charge in [-0.05, 0) is 49.2 Å². The molecule has 1 fully saturated rings. The highest BCUT2D eigenvalue weighted by molar-refractivity contribution is 6.02. The Morgan fingerprint density at radius 3 is 2.62 bits per heavy atom. The minimum Gasteiger partial charge on any atom is -0.459 e. The number of nitrogens with zero attached hydrogens (tertiary/aromatic N) is 1. The summed E-state index contributed by atoms with van der Waals surface area (Å²) in [7, 11) is 0. The minimum atomic E-state index is -0.290. The first-order valence-electron chi connectivity index (χ1n) is 6.99. The van der Waals surface area contributed by atoms with Crippen molar-refractivity contribution in [2.24, 2.45) is 0 Å². The van der Waals surface area contributed by atoms with Crippen molar-refractivity contribution < 1.29 is 14.0 Å². The van der Waals surface area contributed by atoms with Crippen molar-refractivity contribution in [3.05, 3.63) is 48.4 Å². The van der Waals surface area contributed by atoms with Gasteiger partial charge in [0.1, 0.15) is 0 Å². The molecule has 1 aromatic heterocycles. The van der Waals surface area contributed by atoms with Gasteiger partial charge < -0.3 is 14.6 Å². The van der Waals surface area contributed by atoms with Gasteiger partial charge in [0.05, 0.1) is 6.26 Å². The number of carbonyl (C=O) groups excluding carboxylic acids is 2. The molecule has 0 saturated carbocycles. The number of hydrogen-bond acceptors (Lipinski definition) is 3. The van der Waals surface area contributed by atoms with Crippen LogP contribution in [0.15, 0.2) is 47.1 Å². The third-order valence-corrected chi connectivity index (χ3v) is 3.51. The molecular weight excluding hydrogens is 268 g/mol. The third kappa shape index (κ3) is 2.97. The summed E-state index contributed by atoms with van der Waals surface area (Å²) in [5.74, 6) is 0.140. The maximum atomic E-state index is 11.9. The Morgan fingerprint density at radius 1 is 1.14 bits per heavy atom. The lowest BCUT2D eigenvalue weighted by molar-refractivity contribution is -0.119. The molecule has 5 heteroatoms. The van der Waals surface area contributed by atoms with Gasteiger partial charge in [-0.25, -0.2) is 0 Å². The van der Waals surface area contributed by atoms with Gasteiger partial charge in [-0.2, -0.15) is 0 Å². The highest BCUT2D eigenvalue weighted by atomic mass is 16.3. The second-order valence-corrected chi connectivity index (χ2v) is 4.98. The average Bonchev–Trinajstić information content (AvgIpc) is 3.03. The first kappa shape index (κ1) is 13.4. The Balaban J connectivity index is 1.69. The highest BCUT2D eigenvalue weighted by Gasteiger charge is 2.19. The van der Waals surface area contributed by atoms with Crippen LogP contribution >= 0.6 is 0 Å². The molecule has 108 valence electrons. The summed E-state index contributed by atoms with van der Waals surface area (Å²) < 4.78 is 5.04. The molecule has 2 aromatic rings. The summed E-state index contributed by atoms with van der Waals surface area (Å²) in [6.45, 7) is 0.761. The Labute approximate surface area is 122 Å². The van der Waals surface area contributed by atoms with E-state index < -0.39 is 0 Å². The van der Waals surface area contributed by atoms with Gasteiger partial charge in [0.25, 0.3) is 5.91 Å². The van der Waals surface area contributed by atoms with E-state index in [0.717, 1.165) is 25.1 Å². The summed E-state index contributed by atoms with van der Waals surface area (Å²) in [5, 5.41) is 2.75. The molecule has 0 radical (unpaired) electrons. The molecule has 1 aliphatic heterocycles. The average molecular weight is 284 g/mol. The molecule has 1 aromatic carbocycles. The predicted octanol–water partition coefficient (Wildman–Crippen LogP) is 3.05. The van der Waals surface area contributed by atoms with Gasteiger partial charge in [-0.3, -0.25) is 9.59 Å². The maximum Gasteiger partial charge on any atom is 0.291 e. The molecule has 2 heterocycles. The molecule has 5 nitrogen and oxygen atoms in total. The summed E-state index contributed by atoms with van der Waals surface area (Å²) in [5.41, 5.74) is 1.54. The number of piperidine rings is 1. The van der Waals surface area contributed by atoms with Crippen LogP contribution in [0.25, 0.3) is 0 Å². The number of nitrogens with one attached hydrogen (secondary N) is 1. The number of rotatable bonds is 3. The largest absolute Gasteiger partial charge is 0.459 e. The fraction of sp³-hybridized carbons (Fsp3) is 0.250. The van der Waals surface area contributed by atoms with Gasteiger partial charge in [0.15, 0.2) is 5.76 Å². The molecule has 1 saturated heterocycles. The molecule has 0 unspecified atom stereocenters. The van der Waals surface area contributed by atoms with Crippen LogP contribution in [-0.2, 0) is 4.79 Å². The zero-order chi connectivity index (χ0) is 14.7. The Bertz CT molecular complexity index is 632. The minimum absolute atomic E-state index is 0.161. The smallest absolute Gasteiger partial charge is 0.291 e. The van der Waals surface area contributed by atoms with Gasteiger partial charge in [0, 0.05) is 24.3 Å². The van der Waals surface area contributed by atoms with Gasteiger partial charge in [0.2, 0.25) is 5.91 Å². The van der Waals surface area contributed by atoms with Crippen LogP contribution in [-0.4, -0.2) is 18.4 Å². The Morgan fingerprint density at radius 2 is 1.95 bits per heavy atom. The predicted molar refractivity (Wildman–Crippen MR) is 79.3 cm³/mol. The number of anilines is 2. The number of amides is 2. The second-order valence-electron chi connectivity index (χ2n) is 4.98. The molecule has 0 aliphatic carbocycles. The summed E-state index contributed by atoms with van der Waals surface area (Å²) in [6, 6.07) is 10.5. The van der Waals surface area contributed by atoms with Crippen molar-refractivity contribution in [3.63, 3.8) is 0 Å². The van der Waals surface area contributed by atoms with Crippen LogP contribution in [0.3, 0.4) is 0 Å². The van der Waals surface area contributed by atoms with E-state index in [1.54, 1.807) is 29.2 Å². The maximum absolute atomic E-state index is 11.9. The zero-order valence-corrected chi connectivity index (χ0v) is 11.5. The van der Waals surface area contributed by atoms with E-state index >= 15 is 0 Å². The van der Waals surface area contributed by atoms with Crippen LogP contribution < -0.4 is 10.2 Å². The van der Waals surface area contributed by atoms with E-state index in [-0.39, 0.29) is 17.6 Å².